The molecular formula is C25H30N2O3. The average Bonchev–Trinajstić information content (AvgIpc) is 3.19. The first kappa shape index (κ1) is 20.5. The van der Waals surface area contributed by atoms with Gasteiger partial charge in [0.1, 0.15) is 11.3 Å². The van der Waals surface area contributed by atoms with E-state index in [0.717, 1.165) is 44.2 Å². The first-order valence-electron chi connectivity index (χ1n) is 10.9. The van der Waals surface area contributed by atoms with Crippen LogP contribution in [0.3, 0.4) is 0 Å². The van der Waals surface area contributed by atoms with Gasteiger partial charge in [0, 0.05) is 30.8 Å². The molecule has 0 radical (unpaired) electrons. The summed E-state index contributed by atoms with van der Waals surface area (Å²) >= 11 is 0. The molecule has 2 aromatic carbocycles. The van der Waals surface area contributed by atoms with Crippen LogP contribution < -0.4 is 4.74 Å². The molecular weight excluding hydrogens is 376 g/mol. The van der Waals surface area contributed by atoms with E-state index in [4.69, 9.17) is 4.74 Å². The third-order valence-corrected chi connectivity index (χ3v) is 6.69. The van der Waals surface area contributed by atoms with Crippen molar-refractivity contribution in [2.45, 2.75) is 44.6 Å². The number of carbonyl (C=O) groups excluding carboxylic acids is 2. The Morgan fingerprint density at radius 1 is 1.03 bits per heavy atom. The van der Waals surface area contributed by atoms with E-state index >= 15 is 0 Å². The van der Waals surface area contributed by atoms with Gasteiger partial charge in [-0.05, 0) is 56.7 Å². The highest BCUT2D eigenvalue weighted by Crippen LogP contribution is 2.40. The van der Waals surface area contributed by atoms with E-state index in [-0.39, 0.29) is 11.8 Å². The zero-order chi connectivity index (χ0) is 21.1. The predicted molar refractivity (Wildman–Crippen MR) is 117 cm³/mol. The standard InChI is InChI=1S/C25H30N2O3/c1-19-21(11-6-12-22(19)30-2)23(28)27-17-8-15-25(27)14-7-16-26(24(25)29)18-13-20-9-4-3-5-10-20/h3-6,9-12H,7-8,13-18H2,1-2H3. The van der Waals surface area contributed by atoms with Crippen molar-refractivity contribution < 1.29 is 14.3 Å². The van der Waals surface area contributed by atoms with Crippen LogP contribution in [-0.2, 0) is 11.2 Å². The fourth-order valence-corrected chi connectivity index (χ4v) is 5.06. The first-order chi connectivity index (χ1) is 14.6. The van der Waals surface area contributed by atoms with Gasteiger partial charge in [0.2, 0.25) is 5.91 Å². The van der Waals surface area contributed by atoms with Crippen LogP contribution >= 0.6 is 0 Å². The predicted octanol–water partition coefficient (Wildman–Crippen LogP) is 3.84. The number of likely N-dealkylation sites (tertiary alicyclic amines) is 2. The van der Waals surface area contributed by atoms with Crippen LogP contribution in [0.4, 0.5) is 0 Å². The van der Waals surface area contributed by atoms with Crippen molar-refractivity contribution in [3.05, 3.63) is 65.2 Å². The molecule has 2 fully saturated rings. The minimum Gasteiger partial charge on any atom is -0.496 e. The van der Waals surface area contributed by atoms with Crippen molar-refractivity contribution in [3.8, 4) is 5.75 Å². The Morgan fingerprint density at radius 3 is 2.50 bits per heavy atom. The van der Waals surface area contributed by atoms with Gasteiger partial charge in [-0.3, -0.25) is 9.59 Å². The van der Waals surface area contributed by atoms with Gasteiger partial charge in [0.15, 0.2) is 0 Å². The Balaban J connectivity index is 1.56. The van der Waals surface area contributed by atoms with Gasteiger partial charge in [-0.1, -0.05) is 36.4 Å². The highest BCUT2D eigenvalue weighted by atomic mass is 16.5. The molecule has 1 spiro atoms. The zero-order valence-corrected chi connectivity index (χ0v) is 17.9. The number of piperidine rings is 1. The fourth-order valence-electron chi connectivity index (χ4n) is 5.06. The second kappa shape index (κ2) is 8.50. The molecule has 0 N–H and O–H groups in total. The summed E-state index contributed by atoms with van der Waals surface area (Å²) in [7, 11) is 1.61. The third-order valence-electron chi connectivity index (χ3n) is 6.69. The lowest BCUT2D eigenvalue weighted by Crippen LogP contribution is -2.61. The second-order valence-corrected chi connectivity index (χ2v) is 8.36. The van der Waals surface area contributed by atoms with Gasteiger partial charge in [0.25, 0.3) is 5.91 Å². The molecule has 5 nitrogen and oxygen atoms in total. The van der Waals surface area contributed by atoms with Crippen LogP contribution in [0.1, 0.15) is 47.2 Å². The minimum absolute atomic E-state index is 0.0536. The van der Waals surface area contributed by atoms with Gasteiger partial charge < -0.3 is 14.5 Å². The van der Waals surface area contributed by atoms with Gasteiger partial charge in [-0.2, -0.15) is 0 Å². The number of ether oxygens (including phenoxy) is 1. The number of rotatable bonds is 5. The van der Waals surface area contributed by atoms with E-state index in [0.29, 0.717) is 24.4 Å². The molecule has 2 aromatic rings. The molecule has 1 unspecified atom stereocenters. The van der Waals surface area contributed by atoms with Crippen LogP contribution in [-0.4, -0.2) is 53.9 Å². The molecule has 2 aliphatic heterocycles. The van der Waals surface area contributed by atoms with Crippen LogP contribution in [0.2, 0.25) is 0 Å². The molecule has 0 aromatic heterocycles. The van der Waals surface area contributed by atoms with Crippen molar-refractivity contribution in [1.29, 1.82) is 0 Å². The number of nitrogens with zero attached hydrogens (tertiary/aromatic N) is 2. The van der Waals surface area contributed by atoms with Gasteiger partial charge in [-0.15, -0.1) is 0 Å². The normalized spacial score (nSPS) is 21.3. The smallest absolute Gasteiger partial charge is 0.255 e. The van der Waals surface area contributed by atoms with Gasteiger partial charge >= 0.3 is 0 Å². The van der Waals surface area contributed by atoms with Crippen LogP contribution in [0.25, 0.3) is 0 Å². The highest BCUT2D eigenvalue weighted by molar-refractivity contribution is 6.01. The molecule has 2 heterocycles. The number of carbonyl (C=O) groups is 2. The zero-order valence-electron chi connectivity index (χ0n) is 17.9. The molecule has 0 saturated carbocycles. The molecule has 1 atom stereocenters. The van der Waals surface area contributed by atoms with E-state index in [1.165, 1.54) is 5.56 Å². The summed E-state index contributed by atoms with van der Waals surface area (Å²) in [6.45, 7) is 4.01. The monoisotopic (exact) mass is 406 g/mol. The second-order valence-electron chi connectivity index (χ2n) is 8.36. The third kappa shape index (κ3) is 3.57. The summed E-state index contributed by atoms with van der Waals surface area (Å²) in [6.07, 6.45) is 4.14. The number of hydrogen-bond acceptors (Lipinski definition) is 3. The van der Waals surface area contributed by atoms with E-state index in [1.807, 2.05) is 53.1 Å². The Kier molecular flexibility index (Phi) is 5.80. The molecule has 5 heteroatoms. The molecule has 2 amide bonds. The van der Waals surface area contributed by atoms with Crippen LogP contribution in [0.5, 0.6) is 5.75 Å². The number of hydrogen-bond donors (Lipinski definition) is 0. The largest absolute Gasteiger partial charge is 0.496 e. The maximum atomic E-state index is 13.6. The molecule has 2 saturated heterocycles. The summed E-state index contributed by atoms with van der Waals surface area (Å²) in [5.74, 6) is 0.770. The fraction of sp³-hybridized carbons (Fsp3) is 0.440. The van der Waals surface area contributed by atoms with E-state index < -0.39 is 5.54 Å². The maximum absolute atomic E-state index is 13.6. The summed E-state index contributed by atoms with van der Waals surface area (Å²) in [5.41, 5.74) is 2.00. The minimum atomic E-state index is -0.693. The Labute approximate surface area is 178 Å². The Hall–Kier alpha value is -2.82. The molecule has 0 bridgehead atoms. The SMILES string of the molecule is COc1cccc(C(=O)N2CCCC23CCCN(CCc2ccccc2)C3=O)c1C. The van der Waals surface area contributed by atoms with Crippen LogP contribution in [0.15, 0.2) is 48.5 Å². The summed E-state index contributed by atoms with van der Waals surface area (Å²) in [6, 6.07) is 15.8. The molecule has 0 aliphatic carbocycles. The van der Waals surface area contributed by atoms with Crippen LogP contribution in [0, 0.1) is 6.92 Å². The Bertz CT molecular complexity index is 927. The quantitative estimate of drug-likeness (QED) is 0.758. The Morgan fingerprint density at radius 2 is 1.77 bits per heavy atom. The van der Waals surface area contributed by atoms with Crippen molar-refractivity contribution in [2.24, 2.45) is 0 Å². The average molecular weight is 407 g/mol. The maximum Gasteiger partial charge on any atom is 0.255 e. The van der Waals surface area contributed by atoms with Gasteiger partial charge in [0.05, 0.1) is 7.11 Å². The van der Waals surface area contributed by atoms with Crippen molar-refractivity contribution in [1.82, 2.24) is 9.80 Å². The topological polar surface area (TPSA) is 49.9 Å². The van der Waals surface area contributed by atoms with Crippen molar-refractivity contribution in [2.75, 3.05) is 26.7 Å². The molecule has 4 rings (SSSR count). The molecule has 158 valence electrons. The lowest BCUT2D eigenvalue weighted by Gasteiger charge is -2.44. The molecule has 30 heavy (non-hydrogen) atoms. The lowest BCUT2D eigenvalue weighted by atomic mass is 9.84. The molecule has 2 aliphatic rings. The highest BCUT2D eigenvalue weighted by Gasteiger charge is 2.52. The van der Waals surface area contributed by atoms with E-state index in [9.17, 15) is 9.59 Å². The summed E-state index contributed by atoms with van der Waals surface area (Å²) in [4.78, 5) is 31.0. The summed E-state index contributed by atoms with van der Waals surface area (Å²) in [5, 5.41) is 0. The lowest BCUT2D eigenvalue weighted by molar-refractivity contribution is -0.145. The first-order valence-corrected chi connectivity index (χ1v) is 10.9. The van der Waals surface area contributed by atoms with Crippen molar-refractivity contribution in [3.63, 3.8) is 0 Å². The van der Waals surface area contributed by atoms with E-state index in [1.54, 1.807) is 7.11 Å². The number of benzene rings is 2. The van der Waals surface area contributed by atoms with Crippen molar-refractivity contribution >= 4 is 11.8 Å². The number of methoxy groups -OCH3 is 1. The number of amides is 2. The van der Waals surface area contributed by atoms with E-state index in [2.05, 4.69) is 12.1 Å². The van der Waals surface area contributed by atoms with Gasteiger partial charge in [-0.25, -0.2) is 0 Å². The summed E-state index contributed by atoms with van der Waals surface area (Å²) < 4.78 is 5.40.